The van der Waals surface area contributed by atoms with Gasteiger partial charge in [0.15, 0.2) is 5.79 Å². The number of nitrogens with one attached hydrogen (secondary N) is 1. The zero-order valence-electron chi connectivity index (χ0n) is 16.8. The van der Waals surface area contributed by atoms with E-state index in [1.807, 2.05) is 0 Å². The zero-order valence-corrected chi connectivity index (χ0v) is 16.8. The molecular formula is C21H25N3O6. The van der Waals surface area contributed by atoms with Gasteiger partial charge in [0.25, 0.3) is 5.56 Å². The summed E-state index contributed by atoms with van der Waals surface area (Å²) in [5, 5.41) is 4.44. The predicted octanol–water partition coefficient (Wildman–Crippen LogP) is 2.66. The van der Waals surface area contributed by atoms with E-state index in [1.165, 1.54) is 18.9 Å². The molecule has 0 atom stereocenters. The third-order valence-electron chi connectivity index (χ3n) is 6.09. The highest BCUT2D eigenvalue weighted by Gasteiger charge is 2.39. The van der Waals surface area contributed by atoms with Crippen LogP contribution in [0.3, 0.4) is 0 Å². The van der Waals surface area contributed by atoms with Crippen LogP contribution in [0.2, 0.25) is 0 Å². The maximum Gasteiger partial charge on any atom is 0.337 e. The van der Waals surface area contributed by atoms with Gasteiger partial charge in [-0.1, -0.05) is 24.4 Å². The van der Waals surface area contributed by atoms with Gasteiger partial charge in [-0.05, 0) is 37.2 Å². The van der Waals surface area contributed by atoms with Crippen molar-refractivity contribution in [1.82, 2.24) is 9.97 Å². The minimum Gasteiger partial charge on any atom is -0.403 e. The lowest BCUT2D eigenvalue weighted by molar-refractivity contribution is -0.167. The quantitative estimate of drug-likeness (QED) is 0.721. The molecule has 3 fully saturated rings. The summed E-state index contributed by atoms with van der Waals surface area (Å²) in [6.07, 6.45) is 8.06. The van der Waals surface area contributed by atoms with Crippen LogP contribution in [0, 0.1) is 5.92 Å². The van der Waals surface area contributed by atoms with Gasteiger partial charge in [-0.2, -0.15) is 4.98 Å². The van der Waals surface area contributed by atoms with Gasteiger partial charge in [0, 0.05) is 18.9 Å². The molecule has 1 N–H and O–H groups in total. The number of aromatic amines is 1. The van der Waals surface area contributed by atoms with E-state index in [9.17, 15) is 9.59 Å². The Morgan fingerprint density at radius 3 is 2.70 bits per heavy atom. The Labute approximate surface area is 172 Å². The molecule has 3 aliphatic rings. The van der Waals surface area contributed by atoms with Gasteiger partial charge < -0.3 is 18.7 Å². The van der Waals surface area contributed by atoms with Crippen LogP contribution in [-0.4, -0.2) is 34.7 Å². The number of oxime groups is 1. The lowest BCUT2D eigenvalue weighted by Gasteiger charge is -2.31. The normalized spacial score (nSPS) is 20.7. The second-order valence-electron chi connectivity index (χ2n) is 8.33. The molecule has 2 aliphatic carbocycles. The van der Waals surface area contributed by atoms with E-state index in [0.29, 0.717) is 43.4 Å². The molecule has 160 valence electrons. The van der Waals surface area contributed by atoms with Gasteiger partial charge in [-0.3, -0.25) is 9.78 Å². The Morgan fingerprint density at radius 2 is 1.97 bits per heavy atom. The number of nitrogens with zero attached hydrogens (tertiary/aromatic N) is 2. The fraction of sp³-hybridized carbons (Fsp3) is 0.619. The smallest absolute Gasteiger partial charge is 0.337 e. The second-order valence-corrected chi connectivity index (χ2v) is 8.33. The third kappa shape index (κ3) is 4.17. The van der Waals surface area contributed by atoms with Crippen LogP contribution in [0.4, 0.5) is 0 Å². The lowest BCUT2D eigenvalue weighted by atomic mass is 9.92. The predicted molar refractivity (Wildman–Crippen MR) is 108 cm³/mol. The number of ether oxygens (including phenoxy) is 2. The number of aryl methyl sites for hydroxylation is 1. The van der Waals surface area contributed by atoms with Crippen molar-refractivity contribution in [1.29, 1.82) is 0 Å². The van der Waals surface area contributed by atoms with Crippen LogP contribution in [0.25, 0.3) is 11.1 Å². The molecule has 9 heteroatoms. The Bertz CT molecular complexity index is 1070. The first kappa shape index (κ1) is 19.4. The maximum absolute atomic E-state index is 12.6. The Kier molecular flexibility index (Phi) is 5.16. The summed E-state index contributed by atoms with van der Waals surface area (Å²) in [5.74, 6) is 0.321. The molecule has 1 aliphatic heterocycles. The first-order valence-electron chi connectivity index (χ1n) is 10.7. The first-order valence-corrected chi connectivity index (χ1v) is 10.7. The standard InChI is InChI=1S/C21H25N3O6/c25-16-12-14(3-1-2-13-4-5-13)17-18(26)22-20(23-19(17)29-16)30-24-15-6-8-21(9-7-15)27-10-11-28-21/h12-13H,1-11H2,(H,22,23,26). The maximum atomic E-state index is 12.6. The van der Waals surface area contributed by atoms with Crippen LogP contribution >= 0.6 is 0 Å². The summed E-state index contributed by atoms with van der Waals surface area (Å²) >= 11 is 0. The number of fused-ring (bicyclic) bond motifs is 1. The highest BCUT2D eigenvalue weighted by atomic mass is 16.7. The van der Waals surface area contributed by atoms with Crippen LogP contribution in [-0.2, 0) is 15.9 Å². The summed E-state index contributed by atoms with van der Waals surface area (Å²) in [5.41, 5.74) is 0.586. The fourth-order valence-corrected chi connectivity index (χ4v) is 4.26. The van der Waals surface area contributed by atoms with E-state index in [4.69, 9.17) is 18.7 Å². The molecule has 1 saturated heterocycles. The molecule has 30 heavy (non-hydrogen) atoms. The monoisotopic (exact) mass is 415 g/mol. The molecule has 5 rings (SSSR count). The first-order chi connectivity index (χ1) is 14.6. The number of hydrogen-bond donors (Lipinski definition) is 1. The molecule has 0 amide bonds. The van der Waals surface area contributed by atoms with Crippen molar-refractivity contribution < 1.29 is 18.7 Å². The summed E-state index contributed by atoms with van der Waals surface area (Å²) in [6.45, 7) is 1.25. The van der Waals surface area contributed by atoms with Gasteiger partial charge in [-0.25, -0.2) is 4.79 Å². The summed E-state index contributed by atoms with van der Waals surface area (Å²) < 4.78 is 16.6. The van der Waals surface area contributed by atoms with Crippen LogP contribution in [0.15, 0.2) is 25.2 Å². The molecule has 9 nitrogen and oxygen atoms in total. The Hall–Kier alpha value is -2.52. The molecule has 2 aromatic heterocycles. The van der Waals surface area contributed by atoms with E-state index in [-0.39, 0.29) is 11.7 Å². The lowest BCUT2D eigenvalue weighted by Crippen LogP contribution is -2.35. The second kappa shape index (κ2) is 7.96. The highest BCUT2D eigenvalue weighted by Crippen LogP contribution is 2.35. The fourth-order valence-electron chi connectivity index (χ4n) is 4.26. The van der Waals surface area contributed by atoms with Crippen LogP contribution in [0.5, 0.6) is 6.01 Å². The number of rotatable bonds is 6. The van der Waals surface area contributed by atoms with Crippen molar-refractivity contribution in [2.24, 2.45) is 11.1 Å². The van der Waals surface area contributed by atoms with E-state index in [0.717, 1.165) is 37.3 Å². The van der Waals surface area contributed by atoms with Gasteiger partial charge >= 0.3 is 11.6 Å². The van der Waals surface area contributed by atoms with E-state index >= 15 is 0 Å². The van der Waals surface area contributed by atoms with Crippen molar-refractivity contribution in [3.63, 3.8) is 0 Å². The average Bonchev–Trinajstić information content (AvgIpc) is 3.44. The van der Waals surface area contributed by atoms with Crippen molar-refractivity contribution >= 4 is 16.8 Å². The summed E-state index contributed by atoms with van der Waals surface area (Å²) in [6, 6.07) is 1.30. The molecule has 0 radical (unpaired) electrons. The minimum absolute atomic E-state index is 0.0155. The van der Waals surface area contributed by atoms with Crippen molar-refractivity contribution in [2.75, 3.05) is 13.2 Å². The van der Waals surface area contributed by atoms with Crippen molar-refractivity contribution in [3.05, 3.63) is 32.4 Å². The molecule has 2 saturated carbocycles. The summed E-state index contributed by atoms with van der Waals surface area (Å²) in [7, 11) is 0. The number of hydrogen-bond acceptors (Lipinski definition) is 8. The minimum atomic E-state index is -0.520. The largest absolute Gasteiger partial charge is 0.403 e. The molecule has 3 heterocycles. The van der Waals surface area contributed by atoms with Crippen LogP contribution < -0.4 is 16.0 Å². The van der Waals surface area contributed by atoms with Crippen LogP contribution in [0.1, 0.15) is 56.9 Å². The SMILES string of the molecule is O=c1cc(CCCC2CC2)c2c(=O)[nH]c(ON=C3CCC4(CC3)OCCO4)nc2o1. The Morgan fingerprint density at radius 1 is 1.20 bits per heavy atom. The Balaban J connectivity index is 1.31. The third-order valence-corrected chi connectivity index (χ3v) is 6.09. The van der Waals surface area contributed by atoms with E-state index in [2.05, 4.69) is 15.1 Å². The number of aromatic nitrogens is 2. The van der Waals surface area contributed by atoms with Gasteiger partial charge in [-0.15, -0.1) is 0 Å². The molecule has 0 aromatic carbocycles. The van der Waals surface area contributed by atoms with Gasteiger partial charge in [0.1, 0.15) is 5.39 Å². The molecule has 1 spiro atoms. The highest BCUT2D eigenvalue weighted by molar-refractivity contribution is 5.85. The van der Waals surface area contributed by atoms with Crippen molar-refractivity contribution in [3.8, 4) is 6.01 Å². The molecule has 0 bridgehead atoms. The van der Waals surface area contributed by atoms with E-state index < -0.39 is 17.0 Å². The summed E-state index contributed by atoms with van der Waals surface area (Å²) in [4.78, 5) is 36.7. The molecular weight excluding hydrogens is 390 g/mol. The molecule has 2 aromatic rings. The zero-order chi connectivity index (χ0) is 20.6. The topological polar surface area (TPSA) is 116 Å². The van der Waals surface area contributed by atoms with Crippen molar-refractivity contribution in [2.45, 2.75) is 63.6 Å². The van der Waals surface area contributed by atoms with Gasteiger partial charge in [0.2, 0.25) is 5.71 Å². The average molecular weight is 415 g/mol. The molecule has 0 unspecified atom stereocenters. The number of H-pyrrole nitrogens is 1. The van der Waals surface area contributed by atoms with Gasteiger partial charge in [0.05, 0.1) is 18.9 Å². The van der Waals surface area contributed by atoms with E-state index in [1.54, 1.807) is 0 Å².